The van der Waals surface area contributed by atoms with Gasteiger partial charge in [-0.15, -0.1) is 23.5 Å². The van der Waals surface area contributed by atoms with Crippen LogP contribution in [0.2, 0.25) is 0 Å². The third kappa shape index (κ3) is 3.38. The van der Waals surface area contributed by atoms with Crippen molar-refractivity contribution in [3.05, 3.63) is 22.2 Å². The van der Waals surface area contributed by atoms with Crippen molar-refractivity contribution in [1.29, 1.82) is 0 Å². The summed E-state index contributed by atoms with van der Waals surface area (Å²) >= 11 is 6.91. The molecule has 0 heterocycles. The standard InChI is InChI=1S/C10H10BrNOS2/c1-14-9-4-7(5-12-6-13)3-8(11)10(9)15-2/h3-4H,5H2,1-2H3. The molecule has 0 saturated carbocycles. The van der Waals surface area contributed by atoms with Crippen molar-refractivity contribution in [1.82, 2.24) is 0 Å². The molecule has 0 unspecified atom stereocenters. The Bertz CT molecular complexity index is 403. The molecule has 0 saturated heterocycles. The molecule has 0 aliphatic heterocycles. The van der Waals surface area contributed by atoms with Crippen molar-refractivity contribution in [2.75, 3.05) is 12.5 Å². The van der Waals surface area contributed by atoms with Gasteiger partial charge in [-0.25, -0.2) is 9.79 Å². The molecule has 0 radical (unpaired) electrons. The van der Waals surface area contributed by atoms with E-state index in [0.29, 0.717) is 6.54 Å². The van der Waals surface area contributed by atoms with Crippen molar-refractivity contribution in [3.8, 4) is 0 Å². The molecule has 1 rings (SSSR count). The zero-order chi connectivity index (χ0) is 11.3. The van der Waals surface area contributed by atoms with E-state index in [1.165, 1.54) is 9.79 Å². The summed E-state index contributed by atoms with van der Waals surface area (Å²) in [6, 6.07) is 4.05. The van der Waals surface area contributed by atoms with E-state index in [9.17, 15) is 4.79 Å². The minimum absolute atomic E-state index is 0.393. The number of rotatable bonds is 4. The molecule has 0 spiro atoms. The number of carbonyl (C=O) groups excluding carboxylic acids is 1. The van der Waals surface area contributed by atoms with Crippen LogP contribution in [-0.4, -0.2) is 18.6 Å². The molecule has 0 bridgehead atoms. The number of aliphatic imine (C=N–C) groups is 1. The molecule has 0 fully saturated rings. The highest BCUT2D eigenvalue weighted by Gasteiger charge is 2.07. The Morgan fingerprint density at radius 3 is 2.67 bits per heavy atom. The van der Waals surface area contributed by atoms with Gasteiger partial charge in [0.1, 0.15) is 0 Å². The minimum atomic E-state index is 0.393. The summed E-state index contributed by atoms with van der Waals surface area (Å²) in [6.07, 6.45) is 5.63. The van der Waals surface area contributed by atoms with Crippen molar-refractivity contribution in [3.63, 3.8) is 0 Å². The number of nitrogens with zero attached hydrogens (tertiary/aromatic N) is 1. The molecule has 0 aliphatic carbocycles. The van der Waals surface area contributed by atoms with E-state index in [-0.39, 0.29) is 0 Å². The third-order valence-corrected chi connectivity index (χ3v) is 4.45. The predicted octanol–water partition coefficient (Wildman–Crippen LogP) is 3.73. The molecule has 2 nitrogen and oxygen atoms in total. The smallest absolute Gasteiger partial charge is 0.211 e. The Kier molecular flexibility index (Phi) is 5.47. The fraction of sp³-hybridized carbons (Fsp3) is 0.300. The first-order valence-corrected chi connectivity index (χ1v) is 7.41. The van der Waals surface area contributed by atoms with Crippen LogP contribution < -0.4 is 0 Å². The first kappa shape index (κ1) is 12.8. The maximum absolute atomic E-state index is 10.0. The average molecular weight is 304 g/mol. The number of hydrogen-bond donors (Lipinski definition) is 0. The van der Waals surface area contributed by atoms with Gasteiger partial charge in [-0.1, -0.05) is 0 Å². The van der Waals surface area contributed by atoms with Crippen LogP contribution in [0.4, 0.5) is 0 Å². The normalized spacial score (nSPS) is 9.80. The Morgan fingerprint density at radius 1 is 1.40 bits per heavy atom. The van der Waals surface area contributed by atoms with E-state index in [4.69, 9.17) is 0 Å². The van der Waals surface area contributed by atoms with E-state index in [0.717, 1.165) is 10.0 Å². The van der Waals surface area contributed by atoms with Gasteiger partial charge < -0.3 is 0 Å². The van der Waals surface area contributed by atoms with E-state index in [2.05, 4.69) is 27.0 Å². The van der Waals surface area contributed by atoms with Gasteiger partial charge in [0.05, 0.1) is 6.54 Å². The van der Waals surface area contributed by atoms with Crippen LogP contribution in [0.25, 0.3) is 0 Å². The van der Waals surface area contributed by atoms with Crippen molar-refractivity contribution >= 4 is 45.5 Å². The Hall–Kier alpha value is -0.220. The van der Waals surface area contributed by atoms with Gasteiger partial charge in [0.2, 0.25) is 6.08 Å². The highest BCUT2D eigenvalue weighted by atomic mass is 79.9. The second-order valence-corrected chi connectivity index (χ2v) is 5.24. The van der Waals surface area contributed by atoms with Gasteiger partial charge >= 0.3 is 0 Å². The van der Waals surface area contributed by atoms with Gasteiger partial charge in [0.25, 0.3) is 0 Å². The summed E-state index contributed by atoms with van der Waals surface area (Å²) in [6.45, 7) is 0.393. The highest BCUT2D eigenvalue weighted by Crippen LogP contribution is 2.35. The number of isocyanates is 1. The fourth-order valence-electron chi connectivity index (χ4n) is 1.19. The van der Waals surface area contributed by atoms with Crippen LogP contribution in [0.1, 0.15) is 5.56 Å². The van der Waals surface area contributed by atoms with Gasteiger partial charge in [0.15, 0.2) is 0 Å². The summed E-state index contributed by atoms with van der Waals surface area (Å²) in [7, 11) is 0. The molecule has 1 aromatic rings. The Labute approximate surface area is 106 Å². The topological polar surface area (TPSA) is 29.4 Å². The van der Waals surface area contributed by atoms with Crippen LogP contribution in [0.15, 0.2) is 31.4 Å². The van der Waals surface area contributed by atoms with Crippen LogP contribution >= 0.6 is 39.5 Å². The van der Waals surface area contributed by atoms with Crippen molar-refractivity contribution in [2.24, 2.45) is 4.99 Å². The maximum Gasteiger partial charge on any atom is 0.235 e. The second-order valence-electron chi connectivity index (χ2n) is 2.72. The minimum Gasteiger partial charge on any atom is -0.211 e. The van der Waals surface area contributed by atoms with Crippen LogP contribution in [0, 0.1) is 0 Å². The molecule has 15 heavy (non-hydrogen) atoms. The maximum atomic E-state index is 10.0. The highest BCUT2D eigenvalue weighted by molar-refractivity contribution is 9.10. The largest absolute Gasteiger partial charge is 0.235 e. The summed E-state index contributed by atoms with van der Waals surface area (Å²) < 4.78 is 1.05. The fourth-order valence-corrected chi connectivity index (χ4v) is 3.89. The molecule has 1 aromatic carbocycles. The molecule has 0 amide bonds. The Morgan fingerprint density at radius 2 is 2.13 bits per heavy atom. The van der Waals surface area contributed by atoms with E-state index < -0.39 is 0 Å². The number of thioether (sulfide) groups is 2. The zero-order valence-corrected chi connectivity index (χ0v) is 11.6. The molecule has 0 aliphatic rings. The first-order chi connectivity index (χ1) is 7.22. The van der Waals surface area contributed by atoms with Gasteiger partial charge in [-0.2, -0.15) is 0 Å². The number of halogens is 1. The molecule has 0 atom stereocenters. The summed E-state index contributed by atoms with van der Waals surface area (Å²) in [5.74, 6) is 0. The quantitative estimate of drug-likeness (QED) is 0.482. The lowest BCUT2D eigenvalue weighted by molar-refractivity contribution is 0.562. The van der Waals surface area contributed by atoms with Crippen LogP contribution in [0.3, 0.4) is 0 Å². The third-order valence-electron chi connectivity index (χ3n) is 1.82. The lowest BCUT2D eigenvalue weighted by Crippen LogP contribution is -1.87. The van der Waals surface area contributed by atoms with E-state index in [1.807, 2.05) is 18.6 Å². The molecule has 0 aromatic heterocycles. The predicted molar refractivity (Wildman–Crippen MR) is 69.5 cm³/mol. The zero-order valence-electron chi connectivity index (χ0n) is 8.41. The Balaban J connectivity index is 3.12. The van der Waals surface area contributed by atoms with E-state index in [1.54, 1.807) is 29.6 Å². The summed E-state index contributed by atoms with van der Waals surface area (Å²) in [5.41, 5.74) is 1.02. The van der Waals surface area contributed by atoms with Crippen LogP contribution in [-0.2, 0) is 11.3 Å². The second kappa shape index (κ2) is 6.38. The van der Waals surface area contributed by atoms with E-state index >= 15 is 0 Å². The summed E-state index contributed by atoms with van der Waals surface area (Å²) in [4.78, 5) is 16.0. The van der Waals surface area contributed by atoms with Gasteiger partial charge in [-0.05, 0) is 46.1 Å². The van der Waals surface area contributed by atoms with Crippen LogP contribution in [0.5, 0.6) is 0 Å². The van der Waals surface area contributed by atoms with Gasteiger partial charge in [-0.3, -0.25) is 0 Å². The lowest BCUT2D eigenvalue weighted by atomic mass is 10.2. The molecular weight excluding hydrogens is 294 g/mol. The monoisotopic (exact) mass is 303 g/mol. The molecular formula is C10H10BrNOS2. The molecule has 5 heteroatoms. The number of benzene rings is 1. The SMILES string of the molecule is CSc1cc(CN=C=O)cc(Br)c1SC. The summed E-state index contributed by atoms with van der Waals surface area (Å²) in [5, 5.41) is 0. The lowest BCUT2D eigenvalue weighted by Gasteiger charge is -2.09. The first-order valence-electron chi connectivity index (χ1n) is 4.17. The van der Waals surface area contributed by atoms with Gasteiger partial charge in [0, 0.05) is 14.3 Å². The van der Waals surface area contributed by atoms with Crippen molar-refractivity contribution in [2.45, 2.75) is 16.3 Å². The van der Waals surface area contributed by atoms with Crippen molar-refractivity contribution < 1.29 is 4.79 Å². The number of hydrogen-bond acceptors (Lipinski definition) is 4. The molecule has 0 N–H and O–H groups in total. The molecule has 80 valence electrons. The average Bonchev–Trinajstić information content (AvgIpc) is 2.25.